The van der Waals surface area contributed by atoms with Crippen molar-refractivity contribution in [3.05, 3.63) is 36.2 Å². The van der Waals surface area contributed by atoms with E-state index < -0.39 is 11.4 Å². The molecule has 1 aliphatic carbocycles. The summed E-state index contributed by atoms with van der Waals surface area (Å²) in [6.07, 6.45) is 3.96. The minimum Gasteiger partial charge on any atom is -0.481 e. The lowest BCUT2D eigenvalue weighted by Gasteiger charge is -2.23. The average Bonchev–Trinajstić information content (AvgIpc) is 3.29. The third kappa shape index (κ3) is 2.17. The molecule has 8 heteroatoms. The van der Waals surface area contributed by atoms with Gasteiger partial charge in [0.2, 0.25) is 0 Å². The van der Waals surface area contributed by atoms with Crippen LogP contribution >= 0.6 is 0 Å². The van der Waals surface area contributed by atoms with Crippen molar-refractivity contribution in [3.8, 4) is 5.69 Å². The maximum absolute atomic E-state index is 12.7. The largest absolute Gasteiger partial charge is 0.481 e. The molecule has 1 amide bonds. The minimum atomic E-state index is -0.769. The standard InChI is InChI=1S/C16H17N5O3/c22-14(11-3-5-13(6-4-11)21-10-17-18-19-21)20-8-12-2-1-7-16(12,9-20)15(23)24/h3-6,10,12H,1-2,7-9H2,(H,23,24)/t12-,16+/m0/s1. The monoisotopic (exact) mass is 327 g/mol. The van der Waals surface area contributed by atoms with Gasteiger partial charge in [-0.15, -0.1) is 5.10 Å². The van der Waals surface area contributed by atoms with Gasteiger partial charge in [0.15, 0.2) is 0 Å². The molecule has 2 aromatic rings. The normalized spacial score (nSPS) is 25.7. The van der Waals surface area contributed by atoms with Crippen LogP contribution in [0.1, 0.15) is 29.6 Å². The Hall–Kier alpha value is -2.77. The van der Waals surface area contributed by atoms with E-state index in [4.69, 9.17) is 0 Å². The number of hydrogen-bond acceptors (Lipinski definition) is 5. The SMILES string of the molecule is O=C(c1ccc(-n2cnnn2)cc1)N1C[C@@H]2CCC[C@@]2(C(=O)O)C1. The number of fused-ring (bicyclic) bond motifs is 1. The zero-order valence-electron chi connectivity index (χ0n) is 13.0. The fraction of sp³-hybridized carbons (Fsp3) is 0.438. The Kier molecular flexibility index (Phi) is 3.33. The zero-order valence-corrected chi connectivity index (χ0v) is 13.0. The molecule has 1 aromatic heterocycles. The molecule has 0 bridgehead atoms. The molecule has 24 heavy (non-hydrogen) atoms. The quantitative estimate of drug-likeness (QED) is 0.902. The first-order chi connectivity index (χ1) is 11.6. The van der Waals surface area contributed by atoms with Gasteiger partial charge in [-0.1, -0.05) is 6.42 Å². The number of carbonyl (C=O) groups is 2. The molecule has 2 fully saturated rings. The lowest BCUT2D eigenvalue weighted by Crippen LogP contribution is -2.37. The van der Waals surface area contributed by atoms with Gasteiger partial charge < -0.3 is 10.0 Å². The molecule has 0 spiro atoms. The highest BCUT2D eigenvalue weighted by molar-refractivity contribution is 5.95. The highest BCUT2D eigenvalue weighted by Crippen LogP contribution is 2.49. The summed E-state index contributed by atoms with van der Waals surface area (Å²) in [5.74, 6) is -0.818. The molecule has 124 valence electrons. The smallest absolute Gasteiger partial charge is 0.311 e. The van der Waals surface area contributed by atoms with Crippen molar-refractivity contribution in [3.63, 3.8) is 0 Å². The second-order valence-electron chi connectivity index (χ2n) is 6.54. The molecule has 8 nitrogen and oxygen atoms in total. The van der Waals surface area contributed by atoms with Gasteiger partial charge >= 0.3 is 5.97 Å². The first-order valence-corrected chi connectivity index (χ1v) is 7.96. The van der Waals surface area contributed by atoms with Crippen LogP contribution in [0.2, 0.25) is 0 Å². The van der Waals surface area contributed by atoms with E-state index in [1.54, 1.807) is 29.2 Å². The zero-order chi connectivity index (χ0) is 16.7. The Balaban J connectivity index is 1.53. The molecule has 1 saturated heterocycles. The predicted molar refractivity (Wildman–Crippen MR) is 82.5 cm³/mol. The molecule has 1 N–H and O–H groups in total. The van der Waals surface area contributed by atoms with E-state index >= 15 is 0 Å². The molecule has 4 rings (SSSR count). The van der Waals surface area contributed by atoms with Gasteiger partial charge in [0.05, 0.1) is 11.1 Å². The second-order valence-corrected chi connectivity index (χ2v) is 6.54. The van der Waals surface area contributed by atoms with Crippen LogP contribution in [0.15, 0.2) is 30.6 Å². The van der Waals surface area contributed by atoms with Crippen molar-refractivity contribution in [2.75, 3.05) is 13.1 Å². The molecule has 2 atom stereocenters. The highest BCUT2D eigenvalue weighted by Gasteiger charge is 2.55. The maximum Gasteiger partial charge on any atom is 0.311 e. The number of amides is 1. The van der Waals surface area contributed by atoms with E-state index in [1.807, 2.05) is 0 Å². The lowest BCUT2D eigenvalue weighted by atomic mass is 9.81. The third-order valence-corrected chi connectivity index (χ3v) is 5.31. The first kappa shape index (κ1) is 14.8. The number of benzene rings is 1. The molecular formula is C16H17N5O3. The maximum atomic E-state index is 12.7. The van der Waals surface area contributed by atoms with E-state index in [0.717, 1.165) is 18.5 Å². The van der Waals surface area contributed by atoms with Crippen molar-refractivity contribution in [1.29, 1.82) is 0 Å². The summed E-state index contributed by atoms with van der Waals surface area (Å²) in [5.41, 5.74) is 0.561. The Bertz CT molecular complexity index is 774. The molecule has 2 heterocycles. The third-order valence-electron chi connectivity index (χ3n) is 5.31. The molecule has 0 radical (unpaired) electrons. The molecule has 1 aromatic carbocycles. The lowest BCUT2D eigenvalue weighted by molar-refractivity contribution is -0.149. The van der Waals surface area contributed by atoms with Crippen LogP contribution in [0, 0.1) is 11.3 Å². The number of hydrogen-bond donors (Lipinski definition) is 1. The van der Waals surface area contributed by atoms with E-state index in [0.29, 0.717) is 25.1 Å². The predicted octanol–water partition coefficient (Wildman–Crippen LogP) is 0.989. The number of carbonyl (C=O) groups excluding carboxylic acids is 1. The van der Waals surface area contributed by atoms with Crippen molar-refractivity contribution in [2.24, 2.45) is 11.3 Å². The van der Waals surface area contributed by atoms with Gasteiger partial charge in [0, 0.05) is 18.7 Å². The van der Waals surface area contributed by atoms with Crippen LogP contribution in [0.3, 0.4) is 0 Å². The van der Waals surface area contributed by atoms with Gasteiger partial charge in [0.25, 0.3) is 5.91 Å². The Morgan fingerprint density at radius 1 is 1.25 bits per heavy atom. The topological polar surface area (TPSA) is 101 Å². The highest BCUT2D eigenvalue weighted by atomic mass is 16.4. The van der Waals surface area contributed by atoms with Gasteiger partial charge in [-0.05, 0) is 53.5 Å². The van der Waals surface area contributed by atoms with E-state index in [-0.39, 0.29) is 11.8 Å². The van der Waals surface area contributed by atoms with Crippen LogP contribution in [0.25, 0.3) is 5.69 Å². The summed E-state index contributed by atoms with van der Waals surface area (Å²) in [5, 5.41) is 20.6. The number of rotatable bonds is 3. The van der Waals surface area contributed by atoms with Gasteiger partial charge in [-0.25, -0.2) is 4.68 Å². The summed E-state index contributed by atoms with van der Waals surface area (Å²) in [6, 6.07) is 6.99. The number of aliphatic carboxylic acids is 1. The summed E-state index contributed by atoms with van der Waals surface area (Å²) >= 11 is 0. The number of carboxylic acids is 1. The van der Waals surface area contributed by atoms with E-state index in [1.165, 1.54) is 11.0 Å². The van der Waals surface area contributed by atoms with Gasteiger partial charge in [-0.2, -0.15) is 0 Å². The number of likely N-dealkylation sites (tertiary alicyclic amines) is 1. The van der Waals surface area contributed by atoms with Crippen LogP contribution in [-0.2, 0) is 4.79 Å². The van der Waals surface area contributed by atoms with E-state index in [9.17, 15) is 14.7 Å². The van der Waals surface area contributed by atoms with Crippen LogP contribution in [-0.4, -0.2) is 55.2 Å². The van der Waals surface area contributed by atoms with Gasteiger partial charge in [-0.3, -0.25) is 9.59 Å². The summed E-state index contributed by atoms with van der Waals surface area (Å²) < 4.78 is 1.51. The fourth-order valence-corrected chi connectivity index (χ4v) is 4.01. The van der Waals surface area contributed by atoms with Crippen LogP contribution in [0.5, 0.6) is 0 Å². The molecule has 0 unspecified atom stereocenters. The van der Waals surface area contributed by atoms with Crippen molar-refractivity contribution in [2.45, 2.75) is 19.3 Å². The van der Waals surface area contributed by atoms with Crippen molar-refractivity contribution < 1.29 is 14.7 Å². The summed E-state index contributed by atoms with van der Waals surface area (Å²) in [4.78, 5) is 26.1. The Labute approximate surface area is 138 Å². The minimum absolute atomic E-state index is 0.0689. The van der Waals surface area contributed by atoms with Gasteiger partial charge in [0.1, 0.15) is 6.33 Å². The van der Waals surface area contributed by atoms with Crippen LogP contribution in [0.4, 0.5) is 0 Å². The molecule has 1 saturated carbocycles. The summed E-state index contributed by atoms with van der Waals surface area (Å²) in [6.45, 7) is 0.834. The molecule has 2 aliphatic rings. The number of nitrogens with zero attached hydrogens (tertiary/aromatic N) is 5. The van der Waals surface area contributed by atoms with Crippen molar-refractivity contribution >= 4 is 11.9 Å². The van der Waals surface area contributed by atoms with Crippen molar-refractivity contribution in [1.82, 2.24) is 25.1 Å². The summed E-state index contributed by atoms with van der Waals surface area (Å²) in [7, 11) is 0. The van der Waals surface area contributed by atoms with Crippen LogP contribution < -0.4 is 0 Å². The molecule has 1 aliphatic heterocycles. The first-order valence-electron chi connectivity index (χ1n) is 7.96. The fourth-order valence-electron chi connectivity index (χ4n) is 4.01. The average molecular weight is 327 g/mol. The molecular weight excluding hydrogens is 310 g/mol. The number of tetrazole rings is 1. The Morgan fingerprint density at radius 2 is 2.04 bits per heavy atom. The Morgan fingerprint density at radius 3 is 2.67 bits per heavy atom. The second kappa shape index (κ2) is 5.40. The van der Waals surface area contributed by atoms with E-state index in [2.05, 4.69) is 15.5 Å². The number of carboxylic acid groups (broad SMARTS) is 1. The number of aromatic nitrogens is 4.